The van der Waals surface area contributed by atoms with E-state index in [0.29, 0.717) is 18.8 Å². The summed E-state index contributed by atoms with van der Waals surface area (Å²) in [4.78, 5) is 44.0. The van der Waals surface area contributed by atoms with Gasteiger partial charge in [0.2, 0.25) is 5.91 Å². The monoisotopic (exact) mass is 475 g/mol. The standard InChI is InChI=1S/C26H29N5O4/c1-3-7-19-10-12-21(13-11-19)28-22(32)17-31-25(33)23-24(27-18-29(23)14-15-35-2)30(26(31)34)16-20-8-5-4-6-9-20/h4-6,8-13,18H,3,7,14-17H2,1-2H3,(H,28,32). The molecule has 182 valence electrons. The predicted molar refractivity (Wildman–Crippen MR) is 135 cm³/mol. The molecule has 35 heavy (non-hydrogen) atoms. The van der Waals surface area contributed by atoms with Gasteiger partial charge in [-0.3, -0.25) is 14.2 Å². The summed E-state index contributed by atoms with van der Waals surface area (Å²) in [5, 5.41) is 2.78. The van der Waals surface area contributed by atoms with Crippen molar-refractivity contribution in [3.63, 3.8) is 0 Å². The first-order valence-corrected chi connectivity index (χ1v) is 11.6. The van der Waals surface area contributed by atoms with Crippen LogP contribution in [-0.4, -0.2) is 38.3 Å². The van der Waals surface area contributed by atoms with Crippen LogP contribution >= 0.6 is 0 Å². The molecular weight excluding hydrogens is 446 g/mol. The van der Waals surface area contributed by atoms with E-state index in [1.165, 1.54) is 16.5 Å². The number of anilines is 1. The molecule has 0 spiro atoms. The first-order valence-electron chi connectivity index (χ1n) is 11.6. The van der Waals surface area contributed by atoms with Gasteiger partial charge in [-0.25, -0.2) is 14.3 Å². The number of methoxy groups -OCH3 is 1. The molecule has 1 amide bonds. The number of amides is 1. The lowest BCUT2D eigenvalue weighted by molar-refractivity contribution is -0.116. The number of rotatable bonds is 10. The number of hydrogen-bond acceptors (Lipinski definition) is 5. The molecule has 0 unspecified atom stereocenters. The van der Waals surface area contributed by atoms with E-state index in [2.05, 4.69) is 17.2 Å². The summed E-state index contributed by atoms with van der Waals surface area (Å²) in [5.41, 5.74) is 2.06. The van der Waals surface area contributed by atoms with Crippen molar-refractivity contribution in [3.05, 3.63) is 92.9 Å². The molecule has 2 aromatic carbocycles. The van der Waals surface area contributed by atoms with Gasteiger partial charge in [-0.2, -0.15) is 0 Å². The Hall–Kier alpha value is -3.98. The Balaban J connectivity index is 1.71. The number of hydrogen-bond donors (Lipinski definition) is 1. The molecule has 9 heteroatoms. The van der Waals surface area contributed by atoms with E-state index in [1.807, 2.05) is 54.6 Å². The second-order valence-electron chi connectivity index (χ2n) is 8.34. The highest BCUT2D eigenvalue weighted by atomic mass is 16.5. The largest absolute Gasteiger partial charge is 0.383 e. The summed E-state index contributed by atoms with van der Waals surface area (Å²) in [7, 11) is 1.57. The van der Waals surface area contributed by atoms with Crippen LogP contribution in [0.3, 0.4) is 0 Å². The second kappa shape index (κ2) is 11.0. The van der Waals surface area contributed by atoms with Gasteiger partial charge in [0.25, 0.3) is 5.56 Å². The fraction of sp³-hybridized carbons (Fsp3) is 0.308. The van der Waals surface area contributed by atoms with Gasteiger partial charge < -0.3 is 14.6 Å². The SMILES string of the molecule is CCCc1ccc(NC(=O)Cn2c(=O)c3c(ncn3CCOC)n(Cc3ccccc3)c2=O)cc1. The molecule has 0 aliphatic carbocycles. The van der Waals surface area contributed by atoms with Crippen LogP contribution in [0, 0.1) is 0 Å². The van der Waals surface area contributed by atoms with Crippen LogP contribution in [0.4, 0.5) is 5.69 Å². The summed E-state index contributed by atoms with van der Waals surface area (Å²) in [6, 6.07) is 17.0. The van der Waals surface area contributed by atoms with E-state index >= 15 is 0 Å². The minimum absolute atomic E-state index is 0.220. The van der Waals surface area contributed by atoms with Crippen molar-refractivity contribution in [1.82, 2.24) is 18.7 Å². The molecule has 1 N–H and O–H groups in total. The highest BCUT2D eigenvalue weighted by Gasteiger charge is 2.20. The van der Waals surface area contributed by atoms with E-state index in [0.717, 1.165) is 23.0 Å². The summed E-state index contributed by atoms with van der Waals surface area (Å²) in [6.45, 7) is 2.68. The molecule has 9 nitrogen and oxygen atoms in total. The number of benzene rings is 2. The number of fused-ring (bicyclic) bond motifs is 1. The number of nitrogens with one attached hydrogen (secondary N) is 1. The van der Waals surface area contributed by atoms with Crippen LogP contribution in [0.25, 0.3) is 11.2 Å². The van der Waals surface area contributed by atoms with E-state index < -0.39 is 23.7 Å². The maximum Gasteiger partial charge on any atom is 0.333 e. The average molecular weight is 476 g/mol. The van der Waals surface area contributed by atoms with Crippen molar-refractivity contribution in [1.29, 1.82) is 0 Å². The zero-order chi connectivity index (χ0) is 24.8. The van der Waals surface area contributed by atoms with Crippen molar-refractivity contribution < 1.29 is 9.53 Å². The summed E-state index contributed by atoms with van der Waals surface area (Å²) in [5.74, 6) is -0.457. The Morgan fingerprint density at radius 3 is 2.43 bits per heavy atom. The third-order valence-electron chi connectivity index (χ3n) is 5.78. The third-order valence-corrected chi connectivity index (χ3v) is 5.78. The lowest BCUT2D eigenvalue weighted by atomic mass is 10.1. The van der Waals surface area contributed by atoms with Crippen molar-refractivity contribution in [2.24, 2.45) is 0 Å². The number of ether oxygens (including phenoxy) is 1. The second-order valence-corrected chi connectivity index (χ2v) is 8.34. The number of nitrogens with zero attached hydrogens (tertiary/aromatic N) is 4. The van der Waals surface area contributed by atoms with Gasteiger partial charge >= 0.3 is 5.69 Å². The maximum atomic E-state index is 13.4. The third kappa shape index (κ3) is 5.41. The lowest BCUT2D eigenvalue weighted by Gasteiger charge is -2.13. The minimum atomic E-state index is -0.586. The van der Waals surface area contributed by atoms with Gasteiger partial charge in [0, 0.05) is 19.3 Å². The first kappa shape index (κ1) is 24.2. The Kier molecular flexibility index (Phi) is 7.57. The van der Waals surface area contributed by atoms with Gasteiger partial charge in [0.05, 0.1) is 19.5 Å². The highest BCUT2D eigenvalue weighted by Crippen LogP contribution is 2.12. The van der Waals surface area contributed by atoms with Crippen LogP contribution in [0.2, 0.25) is 0 Å². The zero-order valence-corrected chi connectivity index (χ0v) is 19.9. The van der Waals surface area contributed by atoms with E-state index in [4.69, 9.17) is 4.74 Å². The number of carbonyl (C=O) groups is 1. The number of imidazole rings is 1. The van der Waals surface area contributed by atoms with E-state index in [-0.39, 0.29) is 17.7 Å². The van der Waals surface area contributed by atoms with Crippen molar-refractivity contribution in [3.8, 4) is 0 Å². The highest BCUT2D eigenvalue weighted by molar-refractivity contribution is 5.90. The molecular formula is C26H29N5O4. The van der Waals surface area contributed by atoms with Gasteiger partial charge in [0.15, 0.2) is 11.2 Å². The Morgan fingerprint density at radius 2 is 1.74 bits per heavy atom. The van der Waals surface area contributed by atoms with Crippen LogP contribution in [0.15, 0.2) is 70.5 Å². The van der Waals surface area contributed by atoms with Crippen molar-refractivity contribution >= 4 is 22.8 Å². The molecule has 4 rings (SSSR count). The van der Waals surface area contributed by atoms with Crippen LogP contribution < -0.4 is 16.6 Å². The minimum Gasteiger partial charge on any atom is -0.383 e. The fourth-order valence-electron chi connectivity index (χ4n) is 4.03. The molecule has 0 aliphatic heterocycles. The Morgan fingerprint density at radius 1 is 1.00 bits per heavy atom. The fourth-order valence-corrected chi connectivity index (χ4v) is 4.03. The van der Waals surface area contributed by atoms with E-state index in [9.17, 15) is 14.4 Å². The number of aromatic nitrogens is 4. The van der Waals surface area contributed by atoms with Gasteiger partial charge in [0.1, 0.15) is 6.54 Å². The summed E-state index contributed by atoms with van der Waals surface area (Å²) in [6.07, 6.45) is 3.52. The van der Waals surface area contributed by atoms with Crippen molar-refractivity contribution in [2.45, 2.75) is 39.4 Å². The summed E-state index contributed by atoms with van der Waals surface area (Å²) < 4.78 is 9.21. The molecule has 0 aliphatic rings. The maximum absolute atomic E-state index is 13.4. The topological polar surface area (TPSA) is 100 Å². The Labute approximate surface area is 202 Å². The van der Waals surface area contributed by atoms with Crippen LogP contribution in [-0.2, 0) is 35.6 Å². The first-order chi connectivity index (χ1) is 17.0. The zero-order valence-electron chi connectivity index (χ0n) is 19.9. The normalized spacial score (nSPS) is 11.1. The van der Waals surface area contributed by atoms with E-state index in [1.54, 1.807) is 11.7 Å². The van der Waals surface area contributed by atoms with Gasteiger partial charge in [-0.15, -0.1) is 0 Å². The molecule has 4 aromatic rings. The molecule has 0 saturated carbocycles. The van der Waals surface area contributed by atoms with Gasteiger partial charge in [-0.05, 0) is 29.7 Å². The number of aryl methyl sites for hydroxylation is 1. The van der Waals surface area contributed by atoms with Gasteiger partial charge in [-0.1, -0.05) is 55.8 Å². The molecule has 0 radical (unpaired) electrons. The Bertz CT molecular complexity index is 1420. The molecule has 0 saturated heterocycles. The van der Waals surface area contributed by atoms with Crippen LogP contribution in [0.1, 0.15) is 24.5 Å². The summed E-state index contributed by atoms with van der Waals surface area (Å²) >= 11 is 0. The average Bonchev–Trinajstić information content (AvgIpc) is 3.29. The molecule has 2 heterocycles. The molecule has 0 bridgehead atoms. The molecule has 0 fully saturated rings. The van der Waals surface area contributed by atoms with Crippen LogP contribution in [0.5, 0.6) is 0 Å². The quantitative estimate of drug-likeness (QED) is 0.380. The number of carbonyl (C=O) groups excluding carboxylic acids is 1. The molecule has 2 aromatic heterocycles. The predicted octanol–water partition coefficient (Wildman–Crippen LogP) is 2.65. The van der Waals surface area contributed by atoms with Crippen molar-refractivity contribution in [2.75, 3.05) is 19.0 Å². The molecule has 0 atom stereocenters. The lowest BCUT2D eigenvalue weighted by Crippen LogP contribution is -2.43. The smallest absolute Gasteiger partial charge is 0.333 e.